The van der Waals surface area contributed by atoms with Crippen molar-refractivity contribution in [3.05, 3.63) is 95.3 Å². The molecule has 0 unspecified atom stereocenters. The van der Waals surface area contributed by atoms with Crippen LogP contribution >= 0.6 is 0 Å². The Morgan fingerprint density at radius 2 is 1.53 bits per heavy atom. The summed E-state index contributed by atoms with van der Waals surface area (Å²) in [5.41, 5.74) is 3.00. The number of unbranched alkanes of at least 4 members (excludes halogenated alkanes) is 1. The first-order valence-electron chi connectivity index (χ1n) is 11.7. The lowest BCUT2D eigenvalue weighted by molar-refractivity contribution is -0.198. The molecule has 1 heterocycles. The predicted molar refractivity (Wildman–Crippen MR) is 129 cm³/mol. The van der Waals surface area contributed by atoms with Crippen LogP contribution in [-0.4, -0.2) is 13.2 Å². The number of halogens is 3. The molecule has 3 aromatic carbocycles. The van der Waals surface area contributed by atoms with E-state index in [1.807, 2.05) is 26.0 Å². The molecule has 0 spiro atoms. The van der Waals surface area contributed by atoms with E-state index in [0.717, 1.165) is 18.4 Å². The van der Waals surface area contributed by atoms with E-state index in [0.29, 0.717) is 41.9 Å². The van der Waals surface area contributed by atoms with Crippen LogP contribution in [0.15, 0.2) is 66.7 Å². The molecule has 4 rings (SSSR count). The van der Waals surface area contributed by atoms with Crippen molar-refractivity contribution in [2.75, 3.05) is 13.2 Å². The third-order valence-corrected chi connectivity index (χ3v) is 6.13. The van der Waals surface area contributed by atoms with Gasteiger partial charge >= 0.3 is 0 Å². The van der Waals surface area contributed by atoms with E-state index < -0.39 is 23.7 Å². The zero-order valence-corrected chi connectivity index (χ0v) is 19.5. The van der Waals surface area contributed by atoms with Crippen LogP contribution in [0.5, 0.6) is 0 Å². The Morgan fingerprint density at radius 1 is 0.853 bits per heavy atom. The van der Waals surface area contributed by atoms with Gasteiger partial charge in [-0.1, -0.05) is 74.0 Å². The molecule has 0 amide bonds. The molecule has 3 aromatic rings. The molecule has 0 N–H and O–H groups in total. The highest BCUT2D eigenvalue weighted by molar-refractivity contribution is 5.71. The molecule has 1 saturated heterocycles. The van der Waals surface area contributed by atoms with Crippen molar-refractivity contribution in [3.8, 4) is 22.3 Å². The first kappa shape index (κ1) is 24.2. The van der Waals surface area contributed by atoms with Crippen molar-refractivity contribution in [2.45, 2.75) is 39.4 Å². The third kappa shape index (κ3) is 5.26. The summed E-state index contributed by atoms with van der Waals surface area (Å²) in [6, 6.07) is 15.2. The third-order valence-electron chi connectivity index (χ3n) is 6.13. The molecule has 1 fully saturated rings. The van der Waals surface area contributed by atoms with E-state index in [1.165, 1.54) is 6.07 Å². The van der Waals surface area contributed by atoms with Gasteiger partial charge in [-0.25, -0.2) is 13.2 Å². The lowest BCUT2D eigenvalue weighted by atomic mass is 9.97. The number of ether oxygens (including phenoxy) is 2. The van der Waals surface area contributed by atoms with Gasteiger partial charge in [-0.05, 0) is 48.1 Å². The van der Waals surface area contributed by atoms with Crippen LogP contribution in [-0.2, 0) is 15.9 Å². The Hall–Kier alpha value is -2.89. The Morgan fingerprint density at radius 3 is 2.18 bits per heavy atom. The molecule has 0 aliphatic carbocycles. The monoisotopic (exact) mass is 466 g/mol. The van der Waals surface area contributed by atoms with Crippen molar-refractivity contribution in [1.82, 2.24) is 0 Å². The van der Waals surface area contributed by atoms with Gasteiger partial charge in [0.05, 0.1) is 13.2 Å². The lowest BCUT2D eigenvalue weighted by Gasteiger charge is -2.28. The summed E-state index contributed by atoms with van der Waals surface area (Å²) in [6.07, 6.45) is 5.50. The van der Waals surface area contributed by atoms with Gasteiger partial charge in [0.25, 0.3) is 0 Å². The molecular weight excluding hydrogens is 437 g/mol. The summed E-state index contributed by atoms with van der Waals surface area (Å²) >= 11 is 0. The highest BCUT2D eigenvalue weighted by Crippen LogP contribution is 2.32. The second-order valence-electron chi connectivity index (χ2n) is 8.60. The fourth-order valence-electron chi connectivity index (χ4n) is 4.19. The maximum Gasteiger partial charge on any atom is 0.186 e. The summed E-state index contributed by atoms with van der Waals surface area (Å²) < 4.78 is 55.4. The van der Waals surface area contributed by atoms with Gasteiger partial charge < -0.3 is 9.47 Å². The molecule has 0 atom stereocenters. The molecule has 2 nitrogen and oxygen atoms in total. The molecule has 34 heavy (non-hydrogen) atoms. The van der Waals surface area contributed by atoms with Gasteiger partial charge in [0.1, 0.15) is 5.82 Å². The summed E-state index contributed by atoms with van der Waals surface area (Å²) in [5.74, 6) is -1.85. The minimum atomic E-state index is -0.833. The van der Waals surface area contributed by atoms with E-state index in [-0.39, 0.29) is 11.5 Å². The quantitative estimate of drug-likeness (QED) is 0.328. The molecule has 0 aromatic heterocycles. The standard InChI is InChI=1S/C29H29F3O2/c1-3-5-7-22-12-14-24(28(32)27(22)31)21-10-8-20(9-11-21)23-13-15-25(26(30)16-23)29-33-17-19(6-4-2)18-34-29/h4,6,8-16,19,29H,3,5,7,17-18H2,1-2H3. The molecule has 0 saturated carbocycles. The highest BCUT2D eigenvalue weighted by Gasteiger charge is 2.24. The molecule has 178 valence electrons. The molecule has 5 heteroatoms. The Labute approximate surface area is 199 Å². The largest absolute Gasteiger partial charge is 0.348 e. The summed E-state index contributed by atoms with van der Waals surface area (Å²) in [6.45, 7) is 4.92. The van der Waals surface area contributed by atoms with Gasteiger partial charge in [-0.3, -0.25) is 0 Å². The minimum absolute atomic E-state index is 0.174. The first-order chi connectivity index (χ1) is 16.5. The number of rotatable bonds is 7. The number of hydrogen-bond acceptors (Lipinski definition) is 2. The Kier molecular flexibility index (Phi) is 7.86. The van der Waals surface area contributed by atoms with Crippen molar-refractivity contribution >= 4 is 0 Å². The number of hydrogen-bond donors (Lipinski definition) is 0. The van der Waals surface area contributed by atoms with E-state index >= 15 is 0 Å². The SMILES string of the molecule is CC=CC1COC(c2ccc(-c3ccc(-c4ccc(CCCC)c(F)c4F)cc3)cc2F)OC1. The average molecular weight is 467 g/mol. The molecule has 0 bridgehead atoms. The van der Waals surface area contributed by atoms with Crippen LogP contribution in [0.1, 0.15) is 44.1 Å². The molecule has 0 radical (unpaired) electrons. The number of allylic oxidation sites excluding steroid dienone is 1. The van der Waals surface area contributed by atoms with E-state index in [2.05, 4.69) is 0 Å². The molecule has 1 aliphatic heterocycles. The van der Waals surface area contributed by atoms with Crippen molar-refractivity contribution in [1.29, 1.82) is 0 Å². The van der Waals surface area contributed by atoms with E-state index in [4.69, 9.17) is 9.47 Å². The topological polar surface area (TPSA) is 18.5 Å². The first-order valence-corrected chi connectivity index (χ1v) is 11.7. The highest BCUT2D eigenvalue weighted by atomic mass is 19.2. The summed E-state index contributed by atoms with van der Waals surface area (Å²) in [4.78, 5) is 0. The fourth-order valence-corrected chi connectivity index (χ4v) is 4.19. The van der Waals surface area contributed by atoms with E-state index in [9.17, 15) is 13.2 Å². The normalized spacial score (nSPS) is 18.5. The van der Waals surface area contributed by atoms with Gasteiger partial charge in [-0.15, -0.1) is 0 Å². The minimum Gasteiger partial charge on any atom is -0.348 e. The van der Waals surface area contributed by atoms with Gasteiger partial charge in [0, 0.05) is 17.0 Å². The predicted octanol–water partition coefficient (Wildman–Crippen LogP) is 8.02. The lowest BCUT2D eigenvalue weighted by Crippen LogP contribution is -2.26. The van der Waals surface area contributed by atoms with Crippen molar-refractivity contribution in [2.24, 2.45) is 5.92 Å². The zero-order chi connectivity index (χ0) is 24.1. The summed E-state index contributed by atoms with van der Waals surface area (Å²) in [7, 11) is 0. The number of aryl methyl sites for hydroxylation is 1. The Balaban J connectivity index is 1.50. The summed E-state index contributed by atoms with van der Waals surface area (Å²) in [5, 5.41) is 0. The average Bonchev–Trinajstić information content (AvgIpc) is 2.86. The maximum atomic E-state index is 14.9. The second-order valence-corrected chi connectivity index (χ2v) is 8.60. The van der Waals surface area contributed by atoms with Crippen LogP contribution in [0, 0.1) is 23.4 Å². The van der Waals surface area contributed by atoms with Gasteiger partial charge in [0.2, 0.25) is 0 Å². The van der Waals surface area contributed by atoms with E-state index in [1.54, 1.807) is 48.5 Å². The zero-order valence-electron chi connectivity index (χ0n) is 19.5. The number of benzene rings is 3. The molecule has 1 aliphatic rings. The van der Waals surface area contributed by atoms with Crippen molar-refractivity contribution < 1.29 is 22.6 Å². The smallest absolute Gasteiger partial charge is 0.186 e. The Bertz CT molecular complexity index is 1150. The maximum absolute atomic E-state index is 14.9. The van der Waals surface area contributed by atoms with Crippen LogP contribution < -0.4 is 0 Å². The van der Waals surface area contributed by atoms with Gasteiger partial charge in [-0.2, -0.15) is 0 Å². The molecular formula is C29H29F3O2. The second kappa shape index (κ2) is 11.0. The van der Waals surface area contributed by atoms with Crippen LogP contribution in [0.2, 0.25) is 0 Å². The van der Waals surface area contributed by atoms with Crippen LogP contribution in [0.25, 0.3) is 22.3 Å². The van der Waals surface area contributed by atoms with Crippen molar-refractivity contribution in [3.63, 3.8) is 0 Å². The van der Waals surface area contributed by atoms with Crippen LogP contribution in [0.4, 0.5) is 13.2 Å². The fraction of sp³-hybridized carbons (Fsp3) is 0.310. The van der Waals surface area contributed by atoms with Gasteiger partial charge in [0.15, 0.2) is 17.9 Å². The van der Waals surface area contributed by atoms with Crippen LogP contribution in [0.3, 0.4) is 0 Å².